The van der Waals surface area contributed by atoms with E-state index in [1.807, 2.05) is 6.07 Å². The van der Waals surface area contributed by atoms with Gasteiger partial charge in [0, 0.05) is 23.5 Å². The normalized spacial score (nSPS) is 12.3. The van der Waals surface area contributed by atoms with Crippen LogP contribution in [0.4, 0.5) is 0 Å². The van der Waals surface area contributed by atoms with Gasteiger partial charge in [0.15, 0.2) is 5.96 Å². The molecule has 0 aliphatic rings. The fraction of sp³-hybridized carbons (Fsp3) is 0.444. The maximum absolute atomic E-state index is 5.78. The van der Waals surface area contributed by atoms with Crippen molar-refractivity contribution in [2.75, 3.05) is 7.05 Å². The second kappa shape index (κ2) is 7.83. The van der Waals surface area contributed by atoms with Crippen molar-refractivity contribution in [1.29, 1.82) is 0 Å². The number of benzene rings is 1. The molecular formula is C18H25BrN4O. The highest BCUT2D eigenvalue weighted by molar-refractivity contribution is 9.10. The zero-order valence-corrected chi connectivity index (χ0v) is 16.5. The zero-order chi connectivity index (χ0) is 17.7. The Morgan fingerprint density at radius 3 is 2.54 bits per heavy atom. The number of hydrogen-bond donors (Lipinski definition) is 2. The summed E-state index contributed by atoms with van der Waals surface area (Å²) >= 11 is 3.48. The van der Waals surface area contributed by atoms with Crippen molar-refractivity contribution < 1.29 is 4.42 Å². The lowest BCUT2D eigenvalue weighted by Gasteiger charge is -2.14. The number of nitrogens with one attached hydrogen (secondary N) is 2. The van der Waals surface area contributed by atoms with Gasteiger partial charge in [-0.3, -0.25) is 4.99 Å². The average Bonchev–Trinajstić information content (AvgIpc) is 2.98. The molecule has 1 heterocycles. The largest absolute Gasteiger partial charge is 0.443 e. The fourth-order valence-electron chi connectivity index (χ4n) is 2.16. The molecule has 0 aliphatic heterocycles. The lowest BCUT2D eigenvalue weighted by Crippen LogP contribution is -2.36. The monoisotopic (exact) mass is 392 g/mol. The molecule has 0 fully saturated rings. The number of rotatable bonds is 4. The van der Waals surface area contributed by atoms with Gasteiger partial charge in [0.25, 0.3) is 0 Å². The third kappa shape index (κ3) is 5.09. The lowest BCUT2D eigenvalue weighted by molar-refractivity contribution is 0.379. The predicted octanol–water partition coefficient (Wildman–Crippen LogP) is 3.91. The number of hydrogen-bond acceptors (Lipinski definition) is 3. The Morgan fingerprint density at radius 1 is 1.25 bits per heavy atom. The first kappa shape index (κ1) is 18.5. The van der Waals surface area contributed by atoms with E-state index < -0.39 is 0 Å². The smallest absolute Gasteiger partial charge is 0.213 e. The summed E-state index contributed by atoms with van der Waals surface area (Å²) < 4.78 is 6.86. The van der Waals surface area contributed by atoms with Crippen molar-refractivity contribution in [2.45, 2.75) is 46.2 Å². The number of halogens is 1. The van der Waals surface area contributed by atoms with Gasteiger partial charge >= 0.3 is 0 Å². The molecule has 2 rings (SSSR count). The first-order chi connectivity index (χ1) is 11.3. The minimum absolute atomic E-state index is 0.0374. The Labute approximate surface area is 152 Å². The quantitative estimate of drug-likeness (QED) is 0.611. The highest BCUT2D eigenvalue weighted by Gasteiger charge is 2.19. The minimum Gasteiger partial charge on any atom is -0.443 e. The molecule has 2 aromatic rings. The van der Waals surface area contributed by atoms with E-state index >= 15 is 0 Å². The van der Waals surface area contributed by atoms with E-state index in [4.69, 9.17) is 4.42 Å². The van der Waals surface area contributed by atoms with Crippen molar-refractivity contribution in [3.8, 4) is 0 Å². The first-order valence-corrected chi connectivity index (χ1v) is 8.73. The summed E-state index contributed by atoms with van der Waals surface area (Å²) in [6.45, 7) is 9.61. The standard InChI is InChI=1S/C18H25BrN4O/c1-12-8-14(19)7-6-13(12)9-22-17(20-5)23-11-16-21-10-15(24-16)18(2,3)4/h6-8,10H,9,11H2,1-5H3,(H2,20,22,23). The molecule has 0 saturated heterocycles. The Morgan fingerprint density at radius 2 is 1.96 bits per heavy atom. The fourth-order valence-corrected chi connectivity index (χ4v) is 2.63. The van der Waals surface area contributed by atoms with E-state index in [0.29, 0.717) is 24.9 Å². The van der Waals surface area contributed by atoms with Crippen LogP contribution in [0.15, 0.2) is 38.3 Å². The summed E-state index contributed by atoms with van der Waals surface area (Å²) in [6, 6.07) is 6.25. The van der Waals surface area contributed by atoms with Crippen molar-refractivity contribution in [3.63, 3.8) is 0 Å². The van der Waals surface area contributed by atoms with E-state index in [0.717, 1.165) is 10.2 Å². The van der Waals surface area contributed by atoms with Crippen LogP contribution in [0.3, 0.4) is 0 Å². The topological polar surface area (TPSA) is 62.5 Å². The molecule has 1 aromatic heterocycles. The molecule has 24 heavy (non-hydrogen) atoms. The van der Waals surface area contributed by atoms with Gasteiger partial charge in [0.2, 0.25) is 5.89 Å². The number of aliphatic imine (C=N–C) groups is 1. The Hall–Kier alpha value is -1.82. The van der Waals surface area contributed by atoms with Gasteiger partial charge in [-0.1, -0.05) is 42.8 Å². The lowest BCUT2D eigenvalue weighted by atomic mass is 9.94. The molecule has 0 amide bonds. The van der Waals surface area contributed by atoms with E-state index in [2.05, 4.69) is 76.4 Å². The summed E-state index contributed by atoms with van der Waals surface area (Å²) in [6.07, 6.45) is 1.79. The molecule has 130 valence electrons. The maximum atomic E-state index is 5.78. The SMILES string of the molecule is CN=C(NCc1ncc(C(C)(C)C)o1)NCc1ccc(Br)cc1C. The third-order valence-electron chi connectivity index (χ3n) is 3.67. The molecule has 0 atom stereocenters. The number of aryl methyl sites for hydroxylation is 1. The summed E-state index contributed by atoms with van der Waals surface area (Å²) in [5, 5.41) is 6.53. The third-order valence-corrected chi connectivity index (χ3v) is 4.17. The van der Waals surface area contributed by atoms with Gasteiger partial charge in [-0.15, -0.1) is 0 Å². The van der Waals surface area contributed by atoms with Gasteiger partial charge in [0.05, 0.1) is 12.7 Å². The van der Waals surface area contributed by atoms with Gasteiger partial charge < -0.3 is 15.1 Å². The van der Waals surface area contributed by atoms with Gasteiger partial charge in [-0.2, -0.15) is 0 Å². The summed E-state index contributed by atoms with van der Waals surface area (Å²) in [5.74, 6) is 2.25. The molecule has 0 aliphatic carbocycles. The van der Waals surface area contributed by atoms with Gasteiger partial charge in [0.1, 0.15) is 5.76 Å². The average molecular weight is 393 g/mol. The molecule has 5 nitrogen and oxygen atoms in total. The Balaban J connectivity index is 1.90. The Bertz CT molecular complexity index is 716. The molecule has 0 bridgehead atoms. The molecular weight excluding hydrogens is 368 g/mol. The van der Waals surface area contributed by atoms with Crippen LogP contribution in [0.2, 0.25) is 0 Å². The predicted molar refractivity (Wildman–Crippen MR) is 101 cm³/mol. The van der Waals surface area contributed by atoms with Gasteiger partial charge in [-0.05, 0) is 30.2 Å². The van der Waals surface area contributed by atoms with Crippen LogP contribution in [0.1, 0.15) is 43.5 Å². The van der Waals surface area contributed by atoms with E-state index in [1.54, 1.807) is 13.2 Å². The van der Waals surface area contributed by atoms with Crippen LogP contribution in [-0.4, -0.2) is 18.0 Å². The number of nitrogens with zero attached hydrogens (tertiary/aromatic N) is 2. The number of oxazole rings is 1. The highest BCUT2D eigenvalue weighted by Crippen LogP contribution is 2.22. The van der Waals surface area contributed by atoms with Gasteiger partial charge in [-0.25, -0.2) is 4.98 Å². The first-order valence-electron chi connectivity index (χ1n) is 7.94. The molecule has 0 unspecified atom stereocenters. The van der Waals surface area contributed by atoms with E-state index in [9.17, 15) is 0 Å². The second-order valence-electron chi connectivity index (χ2n) is 6.72. The van der Waals surface area contributed by atoms with Crippen LogP contribution in [-0.2, 0) is 18.5 Å². The van der Waals surface area contributed by atoms with Crippen LogP contribution < -0.4 is 10.6 Å². The van der Waals surface area contributed by atoms with Crippen LogP contribution >= 0.6 is 15.9 Å². The Kier molecular flexibility index (Phi) is 6.04. The molecule has 0 radical (unpaired) electrons. The zero-order valence-electron chi connectivity index (χ0n) is 14.9. The van der Waals surface area contributed by atoms with E-state index in [1.165, 1.54) is 11.1 Å². The summed E-state index contributed by atoms with van der Waals surface area (Å²) in [7, 11) is 1.75. The summed E-state index contributed by atoms with van der Waals surface area (Å²) in [4.78, 5) is 8.55. The summed E-state index contributed by atoms with van der Waals surface area (Å²) in [5.41, 5.74) is 2.42. The van der Waals surface area contributed by atoms with E-state index in [-0.39, 0.29) is 5.41 Å². The molecule has 2 N–H and O–H groups in total. The van der Waals surface area contributed by atoms with Crippen LogP contribution in [0, 0.1) is 6.92 Å². The van der Waals surface area contributed by atoms with Crippen LogP contribution in [0.5, 0.6) is 0 Å². The molecule has 0 saturated carbocycles. The second-order valence-corrected chi connectivity index (χ2v) is 7.63. The molecule has 1 aromatic carbocycles. The van der Waals surface area contributed by atoms with Crippen LogP contribution in [0.25, 0.3) is 0 Å². The van der Waals surface area contributed by atoms with Crippen molar-refractivity contribution in [2.24, 2.45) is 4.99 Å². The molecule has 0 spiro atoms. The molecule has 6 heteroatoms. The maximum Gasteiger partial charge on any atom is 0.213 e. The number of aromatic nitrogens is 1. The van der Waals surface area contributed by atoms with Crippen molar-refractivity contribution in [3.05, 3.63) is 51.6 Å². The number of guanidine groups is 1. The van der Waals surface area contributed by atoms with Crippen molar-refractivity contribution in [1.82, 2.24) is 15.6 Å². The highest BCUT2D eigenvalue weighted by atomic mass is 79.9. The van der Waals surface area contributed by atoms with Crippen molar-refractivity contribution >= 4 is 21.9 Å². The minimum atomic E-state index is -0.0374.